The Morgan fingerprint density at radius 2 is 2.05 bits per heavy atom. The van der Waals surface area contributed by atoms with Crippen LogP contribution in [0.3, 0.4) is 0 Å². The number of carbonyl (C=O) groups is 1. The van der Waals surface area contributed by atoms with Crippen LogP contribution >= 0.6 is 12.4 Å². The van der Waals surface area contributed by atoms with Crippen molar-refractivity contribution in [2.45, 2.75) is 51.0 Å². The molecule has 1 saturated heterocycles. The van der Waals surface area contributed by atoms with Gasteiger partial charge in [-0.1, -0.05) is 24.4 Å². The maximum atomic E-state index is 11.9. The number of nitrogens with one attached hydrogen (secondary N) is 2. The molecule has 0 radical (unpaired) electrons. The van der Waals surface area contributed by atoms with E-state index in [4.69, 9.17) is 4.52 Å². The molecular weight excluding hydrogens is 292 g/mol. The van der Waals surface area contributed by atoms with Gasteiger partial charge in [0.25, 0.3) is 0 Å². The summed E-state index contributed by atoms with van der Waals surface area (Å²) in [6.45, 7) is 3.41. The van der Waals surface area contributed by atoms with E-state index in [2.05, 4.69) is 20.8 Å². The second-order valence-electron chi connectivity index (χ2n) is 5.91. The topological polar surface area (TPSA) is 80.0 Å². The van der Waals surface area contributed by atoms with Crippen LogP contribution in [0.25, 0.3) is 0 Å². The Bertz CT molecular complexity index is 469. The van der Waals surface area contributed by atoms with Crippen molar-refractivity contribution in [1.29, 1.82) is 0 Å². The van der Waals surface area contributed by atoms with Gasteiger partial charge >= 0.3 is 0 Å². The lowest BCUT2D eigenvalue weighted by molar-refractivity contribution is -0.127. The van der Waals surface area contributed by atoms with Crippen molar-refractivity contribution in [1.82, 2.24) is 20.8 Å². The van der Waals surface area contributed by atoms with Crippen molar-refractivity contribution >= 4 is 18.3 Å². The molecule has 118 valence electrons. The number of halogens is 1. The highest BCUT2D eigenvalue weighted by Crippen LogP contribution is 2.31. The monoisotopic (exact) mass is 314 g/mol. The molecule has 2 heterocycles. The van der Waals surface area contributed by atoms with Crippen molar-refractivity contribution in [3.63, 3.8) is 0 Å². The van der Waals surface area contributed by atoms with Crippen molar-refractivity contribution in [2.75, 3.05) is 13.1 Å². The van der Waals surface area contributed by atoms with E-state index in [0.717, 1.165) is 31.8 Å². The number of rotatable bonds is 4. The maximum absolute atomic E-state index is 11.9. The number of hydrogen-bond donors (Lipinski definition) is 2. The van der Waals surface area contributed by atoms with Crippen molar-refractivity contribution in [3.8, 4) is 0 Å². The summed E-state index contributed by atoms with van der Waals surface area (Å²) in [4.78, 5) is 16.4. The molecule has 1 amide bonds. The van der Waals surface area contributed by atoms with Gasteiger partial charge in [-0.3, -0.25) is 4.79 Å². The molecule has 1 aromatic heterocycles. The molecular formula is C14H23ClN4O2. The Balaban J connectivity index is 0.00000161. The van der Waals surface area contributed by atoms with Crippen LogP contribution in [0.2, 0.25) is 0 Å². The SMILES string of the molecule is CC(NC(=O)C1CNC1)c1nc(C2CCCCC2)no1.Cl. The quantitative estimate of drug-likeness (QED) is 0.887. The summed E-state index contributed by atoms with van der Waals surface area (Å²) in [7, 11) is 0. The zero-order valence-corrected chi connectivity index (χ0v) is 13.1. The van der Waals surface area contributed by atoms with Crippen LogP contribution in [0, 0.1) is 5.92 Å². The molecule has 2 aliphatic rings. The number of aromatic nitrogens is 2. The van der Waals surface area contributed by atoms with Crippen LogP contribution in [-0.2, 0) is 4.79 Å². The van der Waals surface area contributed by atoms with Gasteiger partial charge in [0, 0.05) is 19.0 Å². The van der Waals surface area contributed by atoms with Crippen LogP contribution in [-0.4, -0.2) is 29.1 Å². The average molecular weight is 315 g/mol. The smallest absolute Gasteiger partial charge is 0.248 e. The van der Waals surface area contributed by atoms with Gasteiger partial charge < -0.3 is 15.2 Å². The lowest BCUT2D eigenvalue weighted by Gasteiger charge is -2.26. The summed E-state index contributed by atoms with van der Waals surface area (Å²) in [5.41, 5.74) is 0. The summed E-state index contributed by atoms with van der Waals surface area (Å²) < 4.78 is 5.32. The second kappa shape index (κ2) is 7.22. The third kappa shape index (κ3) is 3.74. The van der Waals surface area contributed by atoms with E-state index < -0.39 is 0 Å². The van der Waals surface area contributed by atoms with Crippen LogP contribution in [0.4, 0.5) is 0 Å². The van der Waals surface area contributed by atoms with Gasteiger partial charge in [0.2, 0.25) is 11.8 Å². The number of carbonyl (C=O) groups excluding carboxylic acids is 1. The van der Waals surface area contributed by atoms with Crippen LogP contribution in [0.15, 0.2) is 4.52 Å². The zero-order valence-electron chi connectivity index (χ0n) is 12.3. The number of nitrogens with zero attached hydrogens (tertiary/aromatic N) is 2. The van der Waals surface area contributed by atoms with Crippen molar-refractivity contribution in [3.05, 3.63) is 11.7 Å². The minimum atomic E-state index is -0.215. The number of amides is 1. The molecule has 21 heavy (non-hydrogen) atoms. The lowest BCUT2D eigenvalue weighted by atomic mass is 9.89. The van der Waals surface area contributed by atoms with Crippen LogP contribution < -0.4 is 10.6 Å². The highest BCUT2D eigenvalue weighted by molar-refractivity contribution is 5.85. The van der Waals surface area contributed by atoms with E-state index in [1.54, 1.807) is 0 Å². The Kier molecular flexibility index (Phi) is 5.58. The molecule has 1 atom stereocenters. The first-order valence-corrected chi connectivity index (χ1v) is 7.58. The molecule has 2 N–H and O–H groups in total. The van der Waals surface area contributed by atoms with Crippen molar-refractivity contribution in [2.24, 2.45) is 5.92 Å². The van der Waals surface area contributed by atoms with E-state index in [9.17, 15) is 4.79 Å². The molecule has 0 aromatic carbocycles. The van der Waals surface area contributed by atoms with E-state index >= 15 is 0 Å². The van der Waals surface area contributed by atoms with E-state index in [1.165, 1.54) is 19.3 Å². The minimum absolute atomic E-state index is 0. The molecule has 1 aliphatic carbocycles. The first kappa shape index (κ1) is 16.2. The molecule has 1 unspecified atom stereocenters. The predicted octanol–water partition coefficient (Wildman–Crippen LogP) is 1.94. The molecule has 1 aromatic rings. The lowest BCUT2D eigenvalue weighted by Crippen LogP contribution is -2.51. The summed E-state index contributed by atoms with van der Waals surface area (Å²) >= 11 is 0. The largest absolute Gasteiger partial charge is 0.344 e. The highest BCUT2D eigenvalue weighted by atomic mass is 35.5. The predicted molar refractivity (Wildman–Crippen MR) is 80.3 cm³/mol. The normalized spacial score (nSPS) is 21.2. The van der Waals surface area contributed by atoms with E-state index in [-0.39, 0.29) is 30.3 Å². The zero-order chi connectivity index (χ0) is 13.9. The van der Waals surface area contributed by atoms with E-state index in [0.29, 0.717) is 11.8 Å². The molecule has 0 bridgehead atoms. The summed E-state index contributed by atoms with van der Waals surface area (Å²) in [5.74, 6) is 1.91. The van der Waals surface area contributed by atoms with Gasteiger partial charge in [-0.2, -0.15) is 4.98 Å². The Morgan fingerprint density at radius 1 is 1.33 bits per heavy atom. The Labute approximate surface area is 130 Å². The fraction of sp³-hybridized carbons (Fsp3) is 0.786. The van der Waals surface area contributed by atoms with Crippen LogP contribution in [0.5, 0.6) is 0 Å². The van der Waals surface area contributed by atoms with Crippen LogP contribution in [0.1, 0.15) is 62.7 Å². The van der Waals surface area contributed by atoms with Gasteiger partial charge in [0.1, 0.15) is 6.04 Å². The summed E-state index contributed by atoms with van der Waals surface area (Å²) in [6, 6.07) is -0.215. The first-order valence-electron chi connectivity index (χ1n) is 7.58. The second-order valence-corrected chi connectivity index (χ2v) is 5.91. The molecule has 7 heteroatoms. The summed E-state index contributed by atoms with van der Waals surface area (Å²) in [6.07, 6.45) is 6.09. The molecule has 1 saturated carbocycles. The third-order valence-corrected chi connectivity index (χ3v) is 4.31. The molecule has 2 fully saturated rings. The van der Waals surface area contributed by atoms with E-state index in [1.807, 2.05) is 6.92 Å². The molecule has 6 nitrogen and oxygen atoms in total. The maximum Gasteiger partial charge on any atom is 0.248 e. The highest BCUT2D eigenvalue weighted by Gasteiger charge is 2.28. The molecule has 3 rings (SSSR count). The van der Waals surface area contributed by atoms with Gasteiger partial charge in [-0.25, -0.2) is 0 Å². The first-order chi connectivity index (χ1) is 9.74. The third-order valence-electron chi connectivity index (χ3n) is 4.31. The standard InChI is InChI=1S/C14H22N4O2.ClH/c1-9(16-13(19)11-7-15-8-11)14-17-12(18-20-14)10-5-3-2-4-6-10;/h9-11,15H,2-8H2,1H3,(H,16,19);1H. The molecule has 1 aliphatic heterocycles. The average Bonchev–Trinajstić information content (AvgIpc) is 2.87. The summed E-state index contributed by atoms with van der Waals surface area (Å²) in [5, 5.41) is 10.1. The Morgan fingerprint density at radius 3 is 2.67 bits per heavy atom. The minimum Gasteiger partial charge on any atom is -0.344 e. The van der Waals surface area contributed by atoms with Crippen molar-refractivity contribution < 1.29 is 9.32 Å². The van der Waals surface area contributed by atoms with Gasteiger partial charge in [-0.05, 0) is 19.8 Å². The van der Waals surface area contributed by atoms with Gasteiger partial charge in [0.15, 0.2) is 5.82 Å². The molecule has 0 spiro atoms. The number of hydrogen-bond acceptors (Lipinski definition) is 5. The van der Waals surface area contributed by atoms with Gasteiger partial charge in [0.05, 0.1) is 5.92 Å². The fourth-order valence-corrected chi connectivity index (χ4v) is 2.82. The fourth-order valence-electron chi connectivity index (χ4n) is 2.82. The van der Waals surface area contributed by atoms with Gasteiger partial charge in [-0.15, -0.1) is 12.4 Å². The Hall–Kier alpha value is -1.14.